The molecule has 0 saturated heterocycles. The molecule has 1 aromatic carbocycles. The summed E-state index contributed by atoms with van der Waals surface area (Å²) in [6.45, 7) is 1.14. The van der Waals surface area contributed by atoms with Crippen LogP contribution in [0.25, 0.3) is 0 Å². The number of carbonyl (C=O) groups is 1. The summed E-state index contributed by atoms with van der Waals surface area (Å²) in [6.07, 6.45) is -4.85. The van der Waals surface area contributed by atoms with Gasteiger partial charge in [-0.3, -0.25) is 4.79 Å². The summed E-state index contributed by atoms with van der Waals surface area (Å²) in [5.74, 6) is -3.68. The number of Topliss-reactive ketones (excluding diaryl/α,β-unsaturated/α-hetero) is 1. The lowest BCUT2D eigenvalue weighted by Gasteiger charge is -2.12. The summed E-state index contributed by atoms with van der Waals surface area (Å²) in [6, 6.07) is 4.39. The molecule has 0 radical (unpaired) electrons. The van der Waals surface area contributed by atoms with Gasteiger partial charge < -0.3 is 0 Å². The quantitative estimate of drug-likeness (QED) is 0.700. The van der Waals surface area contributed by atoms with Gasteiger partial charge in [-0.25, -0.2) is 4.39 Å². The number of halogens is 4. The fourth-order valence-corrected chi connectivity index (χ4v) is 1.15. The molecule has 1 rings (SSSR count). The third-order valence-corrected chi connectivity index (χ3v) is 2.04. The first-order valence-corrected chi connectivity index (χ1v) is 4.19. The Morgan fingerprint density at radius 2 is 1.67 bits per heavy atom. The number of hydrogen-bond donors (Lipinski definition) is 0. The van der Waals surface area contributed by atoms with Crippen LogP contribution in [0.2, 0.25) is 0 Å². The first kappa shape index (κ1) is 11.7. The molecule has 0 aromatic heterocycles. The van der Waals surface area contributed by atoms with E-state index in [4.69, 9.17) is 0 Å². The van der Waals surface area contributed by atoms with E-state index in [2.05, 4.69) is 0 Å². The number of benzene rings is 1. The Bertz CT molecular complexity index is 353. The summed E-state index contributed by atoms with van der Waals surface area (Å²) in [5.41, 5.74) is 0.152. The fraction of sp³-hybridized carbons (Fsp3) is 0.300. The van der Waals surface area contributed by atoms with Crippen molar-refractivity contribution in [3.05, 3.63) is 35.6 Å². The van der Waals surface area contributed by atoms with E-state index < -0.39 is 23.7 Å². The molecule has 82 valence electrons. The molecule has 5 heteroatoms. The van der Waals surface area contributed by atoms with Gasteiger partial charge in [0.1, 0.15) is 5.82 Å². The van der Waals surface area contributed by atoms with Crippen LogP contribution in [-0.4, -0.2) is 12.0 Å². The van der Waals surface area contributed by atoms with Crippen molar-refractivity contribution in [1.29, 1.82) is 0 Å². The van der Waals surface area contributed by atoms with E-state index in [-0.39, 0.29) is 5.56 Å². The maximum absolute atomic E-state index is 12.5. The molecule has 1 unspecified atom stereocenters. The van der Waals surface area contributed by atoms with Crippen molar-refractivity contribution in [1.82, 2.24) is 0 Å². The van der Waals surface area contributed by atoms with Gasteiger partial charge in [-0.2, -0.15) is 13.2 Å². The van der Waals surface area contributed by atoms with E-state index in [1.807, 2.05) is 0 Å². The molecule has 0 heterocycles. The molecule has 0 saturated carbocycles. The van der Waals surface area contributed by atoms with Crippen LogP contribution in [0.4, 0.5) is 17.6 Å². The molecule has 0 aliphatic rings. The van der Waals surface area contributed by atoms with Crippen molar-refractivity contribution >= 4 is 5.78 Å². The Morgan fingerprint density at radius 3 is 2.07 bits per heavy atom. The van der Waals surface area contributed by atoms with Crippen molar-refractivity contribution in [2.24, 2.45) is 0 Å². The van der Waals surface area contributed by atoms with E-state index in [0.29, 0.717) is 0 Å². The first-order valence-electron chi connectivity index (χ1n) is 4.19. The predicted molar refractivity (Wildman–Crippen MR) is 45.9 cm³/mol. The van der Waals surface area contributed by atoms with Crippen LogP contribution in [0.3, 0.4) is 0 Å². The molecule has 15 heavy (non-hydrogen) atoms. The van der Waals surface area contributed by atoms with Crippen molar-refractivity contribution in [3.63, 3.8) is 0 Å². The van der Waals surface area contributed by atoms with Gasteiger partial charge in [0, 0.05) is 5.92 Å². The minimum Gasteiger partial charge on any atom is -0.289 e. The van der Waals surface area contributed by atoms with E-state index in [9.17, 15) is 22.4 Å². The lowest BCUT2D eigenvalue weighted by atomic mass is 9.96. The normalized spacial score (nSPS) is 13.7. The Balaban J connectivity index is 2.90. The minimum atomic E-state index is -4.85. The minimum absolute atomic E-state index is 0.152. The average molecular weight is 220 g/mol. The molecule has 1 atom stereocenters. The molecule has 0 N–H and O–H groups in total. The second kappa shape index (κ2) is 4.00. The number of hydrogen-bond acceptors (Lipinski definition) is 1. The Morgan fingerprint density at radius 1 is 1.20 bits per heavy atom. The van der Waals surface area contributed by atoms with Crippen LogP contribution < -0.4 is 0 Å². The monoisotopic (exact) mass is 220 g/mol. The van der Waals surface area contributed by atoms with Crippen molar-refractivity contribution < 1.29 is 22.4 Å². The van der Waals surface area contributed by atoms with Gasteiger partial charge in [-0.1, -0.05) is 19.1 Å². The maximum atomic E-state index is 12.5. The number of rotatable bonds is 2. The third-order valence-electron chi connectivity index (χ3n) is 2.04. The zero-order valence-electron chi connectivity index (χ0n) is 7.81. The van der Waals surface area contributed by atoms with Crippen LogP contribution >= 0.6 is 0 Å². The number of carbonyl (C=O) groups excluding carboxylic acids is 1. The van der Waals surface area contributed by atoms with Crippen LogP contribution in [0.1, 0.15) is 18.4 Å². The topological polar surface area (TPSA) is 17.1 Å². The molecule has 0 bridgehead atoms. The molecule has 1 aromatic rings. The Kier molecular flexibility index (Phi) is 3.12. The van der Waals surface area contributed by atoms with Crippen molar-refractivity contribution in [2.75, 3.05) is 0 Å². The first-order chi connectivity index (χ1) is 6.82. The summed E-state index contributed by atoms with van der Waals surface area (Å²) in [7, 11) is 0. The molecular weight excluding hydrogens is 212 g/mol. The Hall–Kier alpha value is -1.39. The second-order valence-corrected chi connectivity index (χ2v) is 3.14. The van der Waals surface area contributed by atoms with Gasteiger partial charge in [0.25, 0.3) is 0 Å². The largest absolute Gasteiger partial charge is 0.450 e. The molecule has 0 amide bonds. The Labute approximate surface area is 83.7 Å². The van der Waals surface area contributed by atoms with Gasteiger partial charge in [0.05, 0.1) is 0 Å². The lowest BCUT2D eigenvalue weighted by Crippen LogP contribution is -2.27. The summed E-state index contributed by atoms with van der Waals surface area (Å²) in [4.78, 5) is 10.8. The zero-order valence-corrected chi connectivity index (χ0v) is 7.81. The standard InChI is InChI=1S/C10H8F4O/c1-6(9(15)10(12,13)14)7-2-4-8(11)5-3-7/h2-6H,1H3. The highest BCUT2D eigenvalue weighted by atomic mass is 19.4. The summed E-state index contributed by atoms with van der Waals surface area (Å²) < 4.78 is 48.6. The predicted octanol–water partition coefficient (Wildman–Crippen LogP) is 3.06. The molecule has 0 spiro atoms. The molecule has 0 aliphatic heterocycles. The molecule has 0 aliphatic carbocycles. The smallest absolute Gasteiger partial charge is 0.289 e. The SMILES string of the molecule is CC(C(=O)C(F)(F)F)c1ccc(F)cc1. The molecule has 0 fully saturated rings. The van der Waals surface area contributed by atoms with Gasteiger partial charge in [0.15, 0.2) is 0 Å². The zero-order chi connectivity index (χ0) is 11.6. The molecule has 1 nitrogen and oxygen atoms in total. The van der Waals surface area contributed by atoms with Crippen LogP contribution in [0, 0.1) is 5.82 Å². The highest BCUT2D eigenvalue weighted by Gasteiger charge is 2.41. The average Bonchev–Trinajstić information content (AvgIpc) is 2.15. The highest BCUT2D eigenvalue weighted by molar-refractivity contribution is 5.90. The molecular formula is C10H8F4O. The van der Waals surface area contributed by atoms with E-state index in [1.54, 1.807) is 0 Å². The second-order valence-electron chi connectivity index (χ2n) is 3.14. The highest BCUT2D eigenvalue weighted by Crippen LogP contribution is 2.27. The van der Waals surface area contributed by atoms with Gasteiger partial charge in [-0.05, 0) is 17.7 Å². The third kappa shape index (κ3) is 2.78. The van der Waals surface area contributed by atoms with Crippen molar-refractivity contribution in [3.8, 4) is 0 Å². The number of ketones is 1. The van der Waals surface area contributed by atoms with E-state index >= 15 is 0 Å². The van der Waals surface area contributed by atoms with Crippen LogP contribution in [0.15, 0.2) is 24.3 Å². The summed E-state index contributed by atoms with van der Waals surface area (Å²) >= 11 is 0. The lowest BCUT2D eigenvalue weighted by molar-refractivity contribution is -0.172. The van der Waals surface area contributed by atoms with E-state index in [1.165, 1.54) is 12.1 Å². The van der Waals surface area contributed by atoms with Gasteiger partial charge in [0.2, 0.25) is 5.78 Å². The summed E-state index contributed by atoms with van der Waals surface area (Å²) in [5, 5.41) is 0. The number of alkyl halides is 3. The van der Waals surface area contributed by atoms with Crippen LogP contribution in [0.5, 0.6) is 0 Å². The fourth-order valence-electron chi connectivity index (χ4n) is 1.15. The van der Waals surface area contributed by atoms with Gasteiger partial charge in [-0.15, -0.1) is 0 Å². The van der Waals surface area contributed by atoms with Crippen molar-refractivity contribution in [2.45, 2.75) is 19.0 Å². The van der Waals surface area contributed by atoms with E-state index in [0.717, 1.165) is 19.1 Å². The maximum Gasteiger partial charge on any atom is 0.450 e. The van der Waals surface area contributed by atoms with Gasteiger partial charge >= 0.3 is 6.18 Å². The van der Waals surface area contributed by atoms with Crippen LogP contribution in [-0.2, 0) is 4.79 Å².